The summed E-state index contributed by atoms with van der Waals surface area (Å²) in [6, 6.07) is 13.8. The van der Waals surface area contributed by atoms with Crippen LogP contribution in [-0.4, -0.2) is 23.9 Å². The lowest BCUT2D eigenvalue weighted by Gasteiger charge is -2.23. The molecule has 0 spiro atoms. The van der Waals surface area contributed by atoms with Crippen LogP contribution in [-0.2, 0) is 9.59 Å². The van der Waals surface area contributed by atoms with Crippen molar-refractivity contribution in [3.63, 3.8) is 0 Å². The molecule has 1 amide bonds. The van der Waals surface area contributed by atoms with Gasteiger partial charge in [-0.15, -0.1) is 0 Å². The monoisotopic (exact) mass is 443 g/mol. The number of para-hydroxylation sites is 1. The number of ether oxygens (including phenoxy) is 1. The number of aliphatic hydroxyl groups excluding tert-OH is 1. The molecule has 1 unspecified atom stereocenters. The number of aliphatic hydroxyl groups is 1. The largest absolute Gasteiger partial charge is 0.507 e. The van der Waals surface area contributed by atoms with Crippen LogP contribution >= 0.6 is 23.2 Å². The van der Waals surface area contributed by atoms with Crippen molar-refractivity contribution >= 4 is 46.3 Å². The van der Waals surface area contributed by atoms with Crippen molar-refractivity contribution in [3.8, 4) is 5.75 Å². The van der Waals surface area contributed by atoms with E-state index in [4.69, 9.17) is 32.4 Å². The summed E-state index contributed by atoms with van der Waals surface area (Å²) in [6.07, 6.45) is 1.43. The summed E-state index contributed by atoms with van der Waals surface area (Å²) in [5.74, 6) is -1.68. The Morgan fingerprint density at radius 3 is 2.47 bits per heavy atom. The summed E-state index contributed by atoms with van der Waals surface area (Å²) in [7, 11) is 1.37. The number of halogens is 2. The molecule has 30 heavy (non-hydrogen) atoms. The molecule has 2 heterocycles. The fraction of sp³-hybridized carbons (Fsp3) is 0.0909. The number of carbonyl (C=O) groups is 2. The van der Waals surface area contributed by atoms with E-state index in [0.29, 0.717) is 11.4 Å². The van der Waals surface area contributed by atoms with Gasteiger partial charge >= 0.3 is 0 Å². The predicted molar refractivity (Wildman–Crippen MR) is 113 cm³/mol. The van der Waals surface area contributed by atoms with E-state index < -0.39 is 23.5 Å². The first-order valence-corrected chi connectivity index (χ1v) is 9.62. The van der Waals surface area contributed by atoms with Crippen LogP contribution in [0.5, 0.6) is 5.75 Å². The molecule has 4 rings (SSSR count). The summed E-state index contributed by atoms with van der Waals surface area (Å²) in [5.41, 5.74) is 0.421. The highest BCUT2D eigenvalue weighted by Crippen LogP contribution is 2.44. The average Bonchev–Trinajstić information content (AvgIpc) is 3.35. The van der Waals surface area contributed by atoms with Gasteiger partial charge in [0.05, 0.1) is 29.5 Å². The summed E-state index contributed by atoms with van der Waals surface area (Å²) in [5, 5.41) is 11.5. The summed E-state index contributed by atoms with van der Waals surface area (Å²) in [4.78, 5) is 27.3. The van der Waals surface area contributed by atoms with Crippen molar-refractivity contribution in [1.29, 1.82) is 0 Å². The molecule has 2 aromatic carbocycles. The average molecular weight is 444 g/mol. The number of benzene rings is 2. The third-order valence-corrected chi connectivity index (χ3v) is 5.26. The lowest BCUT2D eigenvalue weighted by molar-refractivity contribution is -0.132. The van der Waals surface area contributed by atoms with Crippen LogP contribution < -0.4 is 9.64 Å². The minimum Gasteiger partial charge on any atom is -0.507 e. The minimum atomic E-state index is -0.982. The van der Waals surface area contributed by atoms with Crippen molar-refractivity contribution in [2.75, 3.05) is 12.0 Å². The van der Waals surface area contributed by atoms with E-state index >= 15 is 0 Å². The normalized spacial score (nSPS) is 18.1. The van der Waals surface area contributed by atoms with E-state index in [1.165, 1.54) is 30.4 Å². The quantitative estimate of drug-likeness (QED) is 0.339. The van der Waals surface area contributed by atoms with E-state index in [9.17, 15) is 14.7 Å². The number of amides is 1. The van der Waals surface area contributed by atoms with Crippen molar-refractivity contribution in [1.82, 2.24) is 0 Å². The topological polar surface area (TPSA) is 80.0 Å². The first kappa shape index (κ1) is 20.1. The number of anilines is 1. The fourth-order valence-corrected chi connectivity index (χ4v) is 4.06. The smallest absolute Gasteiger partial charge is 0.300 e. The van der Waals surface area contributed by atoms with E-state index in [1.54, 1.807) is 42.5 Å². The van der Waals surface area contributed by atoms with Gasteiger partial charge in [-0.25, -0.2) is 0 Å². The zero-order valence-electron chi connectivity index (χ0n) is 15.6. The van der Waals surface area contributed by atoms with Gasteiger partial charge in [-0.3, -0.25) is 14.5 Å². The molecule has 1 aromatic heterocycles. The SMILES string of the molecule is COc1c(Cl)cc(Cl)cc1/C(O)=C1/C(=O)C(=O)N(c2ccccc2)C1c1ccco1. The Morgan fingerprint density at radius 2 is 1.83 bits per heavy atom. The zero-order valence-corrected chi connectivity index (χ0v) is 17.1. The summed E-state index contributed by atoms with van der Waals surface area (Å²) in [6.45, 7) is 0. The maximum Gasteiger partial charge on any atom is 0.300 e. The van der Waals surface area contributed by atoms with Crippen LogP contribution in [0.2, 0.25) is 10.0 Å². The van der Waals surface area contributed by atoms with E-state index in [-0.39, 0.29) is 26.9 Å². The van der Waals surface area contributed by atoms with Crippen molar-refractivity contribution in [2.24, 2.45) is 0 Å². The number of furan rings is 1. The molecule has 0 bridgehead atoms. The second-order valence-electron chi connectivity index (χ2n) is 6.49. The van der Waals surface area contributed by atoms with Gasteiger partial charge in [0.15, 0.2) is 0 Å². The number of hydrogen-bond acceptors (Lipinski definition) is 5. The van der Waals surface area contributed by atoms with Crippen LogP contribution in [0.1, 0.15) is 17.4 Å². The first-order valence-electron chi connectivity index (χ1n) is 8.87. The first-order chi connectivity index (χ1) is 14.4. The Labute approximate surface area is 181 Å². The Hall–Kier alpha value is -3.22. The zero-order chi connectivity index (χ0) is 21.4. The number of rotatable bonds is 4. The van der Waals surface area contributed by atoms with Crippen LogP contribution in [0.15, 0.2) is 70.9 Å². The highest BCUT2D eigenvalue weighted by atomic mass is 35.5. The van der Waals surface area contributed by atoms with Crippen LogP contribution in [0.4, 0.5) is 5.69 Å². The van der Waals surface area contributed by atoms with Gasteiger partial charge in [0.1, 0.15) is 23.3 Å². The Balaban J connectivity index is 1.99. The molecule has 1 aliphatic rings. The van der Waals surface area contributed by atoms with E-state index in [1.807, 2.05) is 0 Å². The molecular weight excluding hydrogens is 429 g/mol. The van der Waals surface area contributed by atoms with E-state index in [0.717, 1.165) is 0 Å². The van der Waals surface area contributed by atoms with Gasteiger partial charge in [-0.2, -0.15) is 0 Å². The van der Waals surface area contributed by atoms with Crippen LogP contribution in [0, 0.1) is 0 Å². The standard InChI is InChI=1S/C22H15Cl2NO5/c1-29-21-14(10-12(23)11-15(21)24)19(26)17-18(16-8-5-9-30-16)25(22(28)20(17)27)13-6-3-2-4-7-13/h2-11,18,26H,1H3/b19-17-. The Morgan fingerprint density at radius 1 is 1.10 bits per heavy atom. The third-order valence-electron chi connectivity index (χ3n) is 4.76. The number of carbonyl (C=O) groups excluding carboxylic acids is 2. The second-order valence-corrected chi connectivity index (χ2v) is 7.33. The molecule has 1 aliphatic heterocycles. The molecule has 152 valence electrons. The minimum absolute atomic E-state index is 0.0950. The molecule has 3 aromatic rings. The highest BCUT2D eigenvalue weighted by molar-refractivity contribution is 6.51. The van der Waals surface area contributed by atoms with Crippen molar-refractivity contribution < 1.29 is 23.8 Å². The Bertz CT molecular complexity index is 1160. The molecule has 0 radical (unpaired) electrons. The van der Waals surface area contributed by atoms with Gasteiger partial charge in [0.25, 0.3) is 11.7 Å². The molecule has 8 heteroatoms. The molecule has 0 aliphatic carbocycles. The maximum atomic E-state index is 13.0. The summed E-state index contributed by atoms with van der Waals surface area (Å²) < 4.78 is 10.8. The van der Waals surface area contributed by atoms with Crippen LogP contribution in [0.25, 0.3) is 5.76 Å². The molecule has 0 saturated carbocycles. The Kier molecular flexibility index (Phi) is 5.28. The maximum absolute atomic E-state index is 13.0. The molecule has 1 fully saturated rings. The lowest BCUT2D eigenvalue weighted by Crippen LogP contribution is -2.29. The molecule has 1 N–H and O–H groups in total. The molecular formula is C22H15Cl2NO5. The molecule has 6 nitrogen and oxygen atoms in total. The number of hydrogen-bond donors (Lipinski definition) is 1. The summed E-state index contributed by atoms with van der Waals surface area (Å²) >= 11 is 12.3. The second kappa shape index (κ2) is 7.89. The molecule has 1 atom stereocenters. The number of nitrogens with zero attached hydrogens (tertiary/aromatic N) is 1. The van der Waals surface area contributed by atoms with Crippen molar-refractivity contribution in [2.45, 2.75) is 6.04 Å². The van der Waals surface area contributed by atoms with Gasteiger partial charge < -0.3 is 14.3 Å². The highest BCUT2D eigenvalue weighted by Gasteiger charge is 2.48. The fourth-order valence-electron chi connectivity index (χ4n) is 3.49. The van der Waals surface area contributed by atoms with Gasteiger partial charge in [-0.05, 0) is 36.4 Å². The number of ketones is 1. The van der Waals surface area contributed by atoms with Gasteiger partial charge in [0.2, 0.25) is 0 Å². The van der Waals surface area contributed by atoms with Gasteiger partial charge in [-0.1, -0.05) is 41.4 Å². The van der Waals surface area contributed by atoms with Crippen molar-refractivity contribution in [3.05, 3.63) is 87.8 Å². The number of methoxy groups -OCH3 is 1. The van der Waals surface area contributed by atoms with Crippen LogP contribution in [0.3, 0.4) is 0 Å². The number of Topliss-reactive ketones (excluding diaryl/α,β-unsaturated/α-hetero) is 1. The third kappa shape index (κ3) is 3.24. The lowest BCUT2D eigenvalue weighted by atomic mass is 9.98. The molecule has 1 saturated heterocycles. The van der Waals surface area contributed by atoms with E-state index in [2.05, 4.69) is 0 Å². The van der Waals surface area contributed by atoms with Gasteiger partial charge in [0, 0.05) is 10.7 Å². The predicted octanol–water partition coefficient (Wildman–Crippen LogP) is 5.22.